The summed E-state index contributed by atoms with van der Waals surface area (Å²) in [5.74, 6) is 1.06. The van der Waals surface area contributed by atoms with Crippen LogP contribution in [0.4, 0.5) is 11.9 Å². The van der Waals surface area contributed by atoms with Gasteiger partial charge < -0.3 is 29.9 Å². The zero-order valence-corrected chi connectivity index (χ0v) is 17.4. The topological polar surface area (TPSA) is 110 Å². The summed E-state index contributed by atoms with van der Waals surface area (Å²) < 4.78 is 11.3. The van der Waals surface area contributed by atoms with E-state index in [4.69, 9.17) is 15.2 Å². The fraction of sp³-hybridized carbons (Fsp3) is 0.778. The smallest absolute Gasteiger partial charge is 0.323 e. The highest BCUT2D eigenvalue weighted by Gasteiger charge is 2.20. The number of nitrogens with zero attached hydrogens (tertiary/aromatic N) is 6. The Morgan fingerprint density at radius 2 is 1.86 bits per heavy atom. The number of anilines is 2. The second kappa shape index (κ2) is 11.0. The number of rotatable bonds is 11. The third kappa shape index (κ3) is 7.43. The Morgan fingerprint density at radius 1 is 1.14 bits per heavy atom. The minimum absolute atomic E-state index is 0.0178. The number of amides is 1. The number of likely N-dealkylation sites (N-methyl/N-ethyl adjacent to an activating group) is 2. The van der Waals surface area contributed by atoms with Crippen LogP contribution < -0.4 is 20.3 Å². The summed E-state index contributed by atoms with van der Waals surface area (Å²) in [6.07, 6.45) is 1.02. The number of aromatic nitrogens is 3. The first kappa shape index (κ1) is 22.1. The van der Waals surface area contributed by atoms with Crippen LogP contribution in [0.5, 0.6) is 6.01 Å². The molecule has 0 aliphatic carbocycles. The molecule has 10 nitrogen and oxygen atoms in total. The Hall–Kier alpha value is -2.20. The number of hydrogen-bond donors (Lipinski definition) is 1. The number of hydrogen-bond acceptors (Lipinski definition) is 9. The van der Waals surface area contributed by atoms with Gasteiger partial charge in [0, 0.05) is 39.8 Å². The van der Waals surface area contributed by atoms with Gasteiger partial charge in [-0.1, -0.05) is 13.8 Å². The van der Waals surface area contributed by atoms with Crippen LogP contribution in [0.25, 0.3) is 0 Å². The van der Waals surface area contributed by atoms with Crippen molar-refractivity contribution in [1.82, 2.24) is 19.9 Å². The molecule has 0 spiro atoms. The standard InChI is InChI=1S/C18H33N7O3/c1-14(2)5-10-27-11-12-28-18-21-16(24(4)13-15(19)26)20-17(22-18)25-8-6-23(3)7-9-25/h14H,5-13H2,1-4H3,(H2,19,26). The minimum atomic E-state index is -0.454. The SMILES string of the molecule is CC(C)CCOCCOc1nc(N(C)CC(N)=O)nc(N2CCN(C)CC2)n1. The van der Waals surface area contributed by atoms with Gasteiger partial charge in [-0.05, 0) is 19.4 Å². The molecule has 0 radical (unpaired) electrons. The number of piperazine rings is 1. The Kier molecular flexibility index (Phi) is 8.65. The highest BCUT2D eigenvalue weighted by molar-refractivity contribution is 5.78. The largest absolute Gasteiger partial charge is 0.461 e. The maximum Gasteiger partial charge on any atom is 0.323 e. The van der Waals surface area contributed by atoms with E-state index in [0.717, 1.165) is 32.6 Å². The first-order valence-corrected chi connectivity index (χ1v) is 9.74. The monoisotopic (exact) mass is 395 g/mol. The molecule has 2 rings (SSSR count). The van der Waals surface area contributed by atoms with Crippen molar-refractivity contribution < 1.29 is 14.3 Å². The van der Waals surface area contributed by atoms with Crippen molar-refractivity contribution in [2.75, 3.05) is 76.4 Å². The molecule has 0 unspecified atom stereocenters. The van der Waals surface area contributed by atoms with E-state index < -0.39 is 5.91 Å². The van der Waals surface area contributed by atoms with Gasteiger partial charge in [-0.2, -0.15) is 15.0 Å². The molecule has 1 amide bonds. The van der Waals surface area contributed by atoms with E-state index >= 15 is 0 Å². The van der Waals surface area contributed by atoms with Crippen LogP contribution in [0.2, 0.25) is 0 Å². The third-order valence-electron chi connectivity index (χ3n) is 4.41. The van der Waals surface area contributed by atoms with Gasteiger partial charge >= 0.3 is 6.01 Å². The first-order valence-electron chi connectivity index (χ1n) is 9.74. The average Bonchev–Trinajstić information content (AvgIpc) is 2.64. The van der Waals surface area contributed by atoms with Gasteiger partial charge in [0.2, 0.25) is 17.8 Å². The predicted octanol–water partition coefficient (Wildman–Crippen LogP) is -0.0136. The zero-order valence-electron chi connectivity index (χ0n) is 17.4. The van der Waals surface area contributed by atoms with Crippen molar-refractivity contribution in [2.45, 2.75) is 20.3 Å². The van der Waals surface area contributed by atoms with Crippen molar-refractivity contribution in [3.63, 3.8) is 0 Å². The molecule has 1 aromatic heterocycles. The van der Waals surface area contributed by atoms with E-state index in [-0.39, 0.29) is 12.6 Å². The van der Waals surface area contributed by atoms with Crippen LogP contribution in [0.15, 0.2) is 0 Å². The number of carbonyl (C=O) groups excluding carboxylic acids is 1. The fourth-order valence-corrected chi connectivity index (χ4v) is 2.64. The van der Waals surface area contributed by atoms with Crippen molar-refractivity contribution in [1.29, 1.82) is 0 Å². The average molecular weight is 396 g/mol. The van der Waals surface area contributed by atoms with Crippen molar-refractivity contribution in [2.24, 2.45) is 11.7 Å². The zero-order chi connectivity index (χ0) is 20.5. The van der Waals surface area contributed by atoms with Crippen LogP contribution in [0, 0.1) is 5.92 Å². The van der Waals surface area contributed by atoms with Crippen LogP contribution in [-0.4, -0.2) is 92.4 Å². The van der Waals surface area contributed by atoms with Gasteiger partial charge in [0.25, 0.3) is 0 Å². The molecule has 28 heavy (non-hydrogen) atoms. The molecular weight excluding hydrogens is 362 g/mol. The van der Waals surface area contributed by atoms with Gasteiger partial charge in [-0.15, -0.1) is 0 Å². The molecule has 10 heteroatoms. The second-order valence-corrected chi connectivity index (χ2v) is 7.47. The predicted molar refractivity (Wildman–Crippen MR) is 108 cm³/mol. The molecule has 0 bridgehead atoms. The fourth-order valence-electron chi connectivity index (χ4n) is 2.64. The van der Waals surface area contributed by atoms with Gasteiger partial charge in [0.05, 0.1) is 13.2 Å². The molecule has 2 heterocycles. The summed E-state index contributed by atoms with van der Waals surface area (Å²) in [6.45, 7) is 9.35. The van der Waals surface area contributed by atoms with Gasteiger partial charge in [0.15, 0.2) is 0 Å². The lowest BCUT2D eigenvalue weighted by Crippen LogP contribution is -2.45. The first-order chi connectivity index (χ1) is 13.3. The Labute approximate surface area is 167 Å². The summed E-state index contributed by atoms with van der Waals surface area (Å²) in [6, 6.07) is 0.225. The summed E-state index contributed by atoms with van der Waals surface area (Å²) >= 11 is 0. The highest BCUT2D eigenvalue weighted by atomic mass is 16.5. The Bertz CT molecular complexity index is 621. The van der Waals surface area contributed by atoms with E-state index in [1.54, 1.807) is 11.9 Å². The molecule has 0 aromatic carbocycles. The maximum absolute atomic E-state index is 11.3. The van der Waals surface area contributed by atoms with E-state index in [1.165, 1.54) is 0 Å². The molecule has 1 aliphatic rings. The van der Waals surface area contributed by atoms with Gasteiger partial charge in [0.1, 0.15) is 6.61 Å². The lowest BCUT2D eigenvalue weighted by Gasteiger charge is -2.32. The summed E-state index contributed by atoms with van der Waals surface area (Å²) in [7, 11) is 3.80. The number of ether oxygens (including phenoxy) is 2. The van der Waals surface area contributed by atoms with Gasteiger partial charge in [-0.25, -0.2) is 0 Å². The normalized spacial score (nSPS) is 15.1. The molecule has 1 aliphatic heterocycles. The second-order valence-electron chi connectivity index (χ2n) is 7.47. The summed E-state index contributed by atoms with van der Waals surface area (Å²) in [5.41, 5.74) is 5.30. The molecule has 1 fully saturated rings. The van der Waals surface area contributed by atoms with Crippen LogP contribution in [0.3, 0.4) is 0 Å². The molecule has 2 N–H and O–H groups in total. The van der Waals surface area contributed by atoms with Crippen LogP contribution in [0.1, 0.15) is 20.3 Å². The Balaban J connectivity index is 2.03. The summed E-state index contributed by atoms with van der Waals surface area (Å²) in [5, 5.41) is 0. The van der Waals surface area contributed by atoms with Crippen molar-refractivity contribution >= 4 is 17.8 Å². The van der Waals surface area contributed by atoms with Crippen LogP contribution >= 0.6 is 0 Å². The van der Waals surface area contributed by atoms with Gasteiger partial charge in [-0.3, -0.25) is 4.79 Å². The molecule has 0 saturated carbocycles. The van der Waals surface area contributed by atoms with E-state index in [2.05, 4.69) is 45.6 Å². The number of carbonyl (C=O) groups is 1. The van der Waals surface area contributed by atoms with E-state index in [0.29, 0.717) is 37.6 Å². The number of primary amides is 1. The maximum atomic E-state index is 11.3. The Morgan fingerprint density at radius 3 is 2.50 bits per heavy atom. The van der Waals surface area contributed by atoms with E-state index in [9.17, 15) is 4.79 Å². The van der Waals surface area contributed by atoms with Crippen LogP contribution in [-0.2, 0) is 9.53 Å². The van der Waals surface area contributed by atoms with Crippen molar-refractivity contribution in [3.8, 4) is 6.01 Å². The molecule has 1 aromatic rings. The lowest BCUT2D eigenvalue weighted by molar-refractivity contribution is -0.116. The minimum Gasteiger partial charge on any atom is -0.461 e. The van der Waals surface area contributed by atoms with Crippen molar-refractivity contribution in [3.05, 3.63) is 0 Å². The van der Waals surface area contributed by atoms with E-state index in [1.807, 2.05) is 0 Å². The highest BCUT2D eigenvalue weighted by Crippen LogP contribution is 2.18. The quantitative estimate of drug-likeness (QED) is 0.517. The molecule has 158 valence electrons. The third-order valence-corrected chi connectivity index (χ3v) is 4.41. The summed E-state index contributed by atoms with van der Waals surface area (Å²) in [4.78, 5) is 30.5. The lowest BCUT2D eigenvalue weighted by atomic mass is 10.1. The molecule has 0 atom stereocenters. The number of nitrogens with two attached hydrogens (primary N) is 1. The molecular formula is C18H33N7O3. The molecule has 1 saturated heterocycles.